The van der Waals surface area contributed by atoms with Crippen LogP contribution in [0.5, 0.6) is 0 Å². The van der Waals surface area contributed by atoms with Gasteiger partial charge in [0, 0.05) is 0 Å². The fourth-order valence-electron chi connectivity index (χ4n) is 2.29. The third-order valence-corrected chi connectivity index (χ3v) is 3.41. The van der Waals surface area contributed by atoms with Crippen LogP contribution in [0.3, 0.4) is 0 Å². The van der Waals surface area contributed by atoms with E-state index in [1.165, 1.54) is 0 Å². The van der Waals surface area contributed by atoms with Crippen molar-refractivity contribution in [1.29, 1.82) is 0 Å². The van der Waals surface area contributed by atoms with Gasteiger partial charge in [-0.15, -0.1) is 0 Å². The summed E-state index contributed by atoms with van der Waals surface area (Å²) in [5.74, 6) is -0.975. The lowest BCUT2D eigenvalue weighted by atomic mass is 10.0. The predicted molar refractivity (Wildman–Crippen MR) is 84.3 cm³/mol. The second kappa shape index (κ2) is 8.10. The summed E-state index contributed by atoms with van der Waals surface area (Å²) in [6.07, 6.45) is 2.64. The average molecular weight is 296 g/mol. The lowest BCUT2D eigenvalue weighted by Gasteiger charge is -2.19. The van der Waals surface area contributed by atoms with E-state index in [2.05, 4.69) is 5.32 Å². The van der Waals surface area contributed by atoms with Crippen LogP contribution >= 0.6 is 0 Å². The van der Waals surface area contributed by atoms with Gasteiger partial charge in [0.15, 0.2) is 0 Å². The Morgan fingerprint density at radius 2 is 1.45 bits per heavy atom. The third-order valence-electron chi connectivity index (χ3n) is 3.41. The number of nitrogens with one attached hydrogen (secondary N) is 1. The first-order valence-corrected chi connectivity index (χ1v) is 7.13. The largest absolute Gasteiger partial charge is 0.480 e. The molecule has 1 radical (unpaired) electrons. The Balaban J connectivity index is 2.02. The van der Waals surface area contributed by atoms with Crippen molar-refractivity contribution >= 4 is 12.3 Å². The highest BCUT2D eigenvalue weighted by atomic mass is 16.4. The van der Waals surface area contributed by atoms with Crippen LogP contribution in [0.1, 0.15) is 11.1 Å². The van der Waals surface area contributed by atoms with Crippen molar-refractivity contribution in [2.24, 2.45) is 0 Å². The molecule has 0 saturated carbocycles. The Morgan fingerprint density at radius 3 is 1.91 bits per heavy atom. The zero-order valence-electron chi connectivity index (χ0n) is 12.1. The molecule has 0 aliphatic rings. The van der Waals surface area contributed by atoms with E-state index in [1.54, 1.807) is 0 Å². The number of hydrogen-bond donors (Lipinski definition) is 2. The smallest absolute Gasteiger partial charge is 0.321 e. The van der Waals surface area contributed by atoms with Gasteiger partial charge in [-0.05, 0) is 24.0 Å². The number of carbonyl (C=O) groups excluding carboxylic acids is 1. The fraction of sp³-hybridized carbons (Fsp3) is 0.222. The molecule has 2 N–H and O–H groups in total. The SMILES string of the molecule is O=[C][C@H](Cc1ccccc1)NC(Cc1ccccc1)C(=O)O. The third kappa shape index (κ3) is 4.82. The Kier molecular flexibility index (Phi) is 5.86. The molecule has 2 rings (SSSR count). The molecule has 0 spiro atoms. The fourth-order valence-corrected chi connectivity index (χ4v) is 2.29. The summed E-state index contributed by atoms with van der Waals surface area (Å²) < 4.78 is 0. The second-order valence-electron chi connectivity index (χ2n) is 5.11. The van der Waals surface area contributed by atoms with Gasteiger partial charge in [0.2, 0.25) is 6.29 Å². The van der Waals surface area contributed by atoms with E-state index in [0.717, 1.165) is 11.1 Å². The van der Waals surface area contributed by atoms with Crippen molar-refractivity contribution < 1.29 is 14.7 Å². The standard InChI is InChI=1S/C18H18NO3/c20-13-16(11-14-7-3-1-4-8-14)19-17(18(21)22)12-15-9-5-2-6-10-15/h1-10,16-17,19H,11-12H2,(H,21,22)/t16-,17?/m0/s1. The van der Waals surface area contributed by atoms with Crippen LogP contribution in [0.2, 0.25) is 0 Å². The minimum atomic E-state index is -0.975. The minimum absolute atomic E-state index is 0.323. The molecule has 0 aromatic heterocycles. The van der Waals surface area contributed by atoms with E-state index >= 15 is 0 Å². The predicted octanol–water partition coefficient (Wildman–Crippen LogP) is 1.99. The summed E-state index contributed by atoms with van der Waals surface area (Å²) in [4.78, 5) is 22.6. The highest BCUT2D eigenvalue weighted by Gasteiger charge is 2.22. The van der Waals surface area contributed by atoms with Crippen LogP contribution < -0.4 is 5.32 Å². The summed E-state index contributed by atoms with van der Waals surface area (Å²) in [7, 11) is 0. The molecule has 0 aliphatic carbocycles. The molecule has 0 heterocycles. The van der Waals surface area contributed by atoms with Gasteiger partial charge in [0.1, 0.15) is 6.04 Å². The van der Waals surface area contributed by atoms with Gasteiger partial charge in [-0.25, -0.2) is 0 Å². The van der Waals surface area contributed by atoms with Crippen LogP contribution in [0, 0.1) is 0 Å². The highest BCUT2D eigenvalue weighted by Crippen LogP contribution is 2.07. The Hall–Kier alpha value is -2.46. The number of carbonyl (C=O) groups is 1. The molecule has 1 unspecified atom stereocenters. The first kappa shape index (κ1) is 15.9. The summed E-state index contributed by atoms with van der Waals surface area (Å²) in [5, 5.41) is 12.2. The summed E-state index contributed by atoms with van der Waals surface area (Å²) in [5.41, 5.74) is 1.87. The number of carboxylic acid groups (broad SMARTS) is 1. The monoisotopic (exact) mass is 296 g/mol. The summed E-state index contributed by atoms with van der Waals surface area (Å²) in [6.45, 7) is 0. The van der Waals surface area contributed by atoms with Gasteiger partial charge >= 0.3 is 5.97 Å². The van der Waals surface area contributed by atoms with Crippen molar-refractivity contribution in [3.05, 3.63) is 71.8 Å². The molecule has 0 bridgehead atoms. The summed E-state index contributed by atoms with van der Waals surface area (Å²) in [6, 6.07) is 17.3. The first-order chi connectivity index (χ1) is 10.7. The molecule has 113 valence electrons. The molecule has 2 atom stereocenters. The quantitative estimate of drug-likeness (QED) is 0.782. The van der Waals surface area contributed by atoms with Crippen LogP contribution in [0.4, 0.5) is 0 Å². The van der Waals surface area contributed by atoms with E-state index in [0.29, 0.717) is 12.8 Å². The van der Waals surface area contributed by atoms with E-state index in [1.807, 2.05) is 66.9 Å². The lowest BCUT2D eigenvalue weighted by molar-refractivity contribution is -0.139. The molecule has 4 nitrogen and oxygen atoms in total. The van der Waals surface area contributed by atoms with Gasteiger partial charge in [-0.1, -0.05) is 60.7 Å². The van der Waals surface area contributed by atoms with Crippen molar-refractivity contribution in [3.63, 3.8) is 0 Å². The van der Waals surface area contributed by atoms with Gasteiger partial charge < -0.3 is 5.11 Å². The Labute approximate surface area is 129 Å². The van der Waals surface area contributed by atoms with Crippen LogP contribution in [0.15, 0.2) is 60.7 Å². The zero-order valence-corrected chi connectivity index (χ0v) is 12.1. The molecule has 2 aromatic rings. The first-order valence-electron chi connectivity index (χ1n) is 7.13. The Morgan fingerprint density at radius 1 is 0.955 bits per heavy atom. The number of aliphatic carboxylic acids is 1. The van der Waals surface area contributed by atoms with Gasteiger partial charge in [0.25, 0.3) is 0 Å². The van der Waals surface area contributed by atoms with Crippen LogP contribution in [-0.2, 0) is 22.4 Å². The lowest BCUT2D eigenvalue weighted by Crippen LogP contribution is -2.46. The maximum atomic E-state index is 11.4. The van der Waals surface area contributed by atoms with Crippen LogP contribution in [0.25, 0.3) is 0 Å². The number of carboxylic acids is 1. The van der Waals surface area contributed by atoms with Crippen molar-refractivity contribution in [1.82, 2.24) is 5.32 Å². The average Bonchev–Trinajstić information content (AvgIpc) is 2.55. The number of rotatable bonds is 8. The van der Waals surface area contributed by atoms with E-state index in [9.17, 15) is 14.7 Å². The van der Waals surface area contributed by atoms with Gasteiger partial charge in [0.05, 0.1) is 6.04 Å². The molecular formula is C18H18NO3. The molecule has 4 heteroatoms. The number of benzene rings is 2. The normalized spacial score (nSPS) is 13.3. The molecule has 0 fully saturated rings. The van der Waals surface area contributed by atoms with Crippen molar-refractivity contribution in [3.8, 4) is 0 Å². The molecule has 0 aliphatic heterocycles. The van der Waals surface area contributed by atoms with E-state index in [-0.39, 0.29) is 0 Å². The Bertz CT molecular complexity index is 598. The molecule has 0 amide bonds. The molecule has 2 aromatic carbocycles. The van der Waals surface area contributed by atoms with Gasteiger partial charge in [-0.3, -0.25) is 14.9 Å². The minimum Gasteiger partial charge on any atom is -0.480 e. The zero-order chi connectivity index (χ0) is 15.8. The number of hydrogen-bond acceptors (Lipinski definition) is 3. The van der Waals surface area contributed by atoms with Gasteiger partial charge in [-0.2, -0.15) is 0 Å². The molecular weight excluding hydrogens is 278 g/mol. The van der Waals surface area contributed by atoms with E-state index in [4.69, 9.17) is 0 Å². The highest BCUT2D eigenvalue weighted by molar-refractivity contribution is 5.75. The summed E-state index contributed by atoms with van der Waals surface area (Å²) >= 11 is 0. The van der Waals surface area contributed by atoms with E-state index < -0.39 is 18.1 Å². The topological polar surface area (TPSA) is 66.4 Å². The maximum Gasteiger partial charge on any atom is 0.321 e. The molecule has 0 saturated heterocycles. The molecule has 22 heavy (non-hydrogen) atoms. The second-order valence-corrected chi connectivity index (χ2v) is 5.11. The van der Waals surface area contributed by atoms with Crippen molar-refractivity contribution in [2.75, 3.05) is 0 Å². The maximum absolute atomic E-state index is 11.4. The van der Waals surface area contributed by atoms with Crippen molar-refractivity contribution in [2.45, 2.75) is 24.9 Å². The van der Waals surface area contributed by atoms with Crippen LogP contribution in [-0.4, -0.2) is 29.4 Å².